The van der Waals surface area contributed by atoms with Gasteiger partial charge in [0.2, 0.25) is 0 Å². The topological polar surface area (TPSA) is 90.6 Å². The highest BCUT2D eigenvalue weighted by atomic mass is 79.9. The van der Waals surface area contributed by atoms with Crippen molar-refractivity contribution in [1.82, 2.24) is 0 Å². The van der Waals surface area contributed by atoms with Gasteiger partial charge in [0, 0.05) is 10.4 Å². The molecule has 24 heavy (non-hydrogen) atoms. The molecule has 0 fully saturated rings. The molecule has 8 heteroatoms. The maximum absolute atomic E-state index is 12.6. The Kier molecular flexibility index (Phi) is 5.51. The number of carbonyl (C=O) groups excluding carboxylic acids is 2. The quantitative estimate of drug-likeness (QED) is 0.785. The van der Waals surface area contributed by atoms with Crippen LogP contribution in [0.25, 0.3) is 0 Å². The second kappa shape index (κ2) is 7.23. The van der Waals surface area contributed by atoms with Gasteiger partial charge in [-0.15, -0.1) is 11.3 Å². The van der Waals surface area contributed by atoms with Crippen LogP contribution in [0.5, 0.6) is 11.5 Å². The minimum absolute atomic E-state index is 0.335. The van der Waals surface area contributed by atoms with Gasteiger partial charge in [-0.3, -0.25) is 9.59 Å². The number of hydrogen-bond donors (Lipinski definition) is 2. The standard InChI is InChI=1S/C16H17BrN2O4S/c1-7-8(2)24-16(12(7)14(18)20)19-15(21)9-5-10(22-3)13(17)11(6-9)23-4/h5-6H,1-4H3,(H2,18,20)(H,19,21). The van der Waals surface area contributed by atoms with Crippen molar-refractivity contribution in [2.24, 2.45) is 5.73 Å². The van der Waals surface area contributed by atoms with Gasteiger partial charge in [-0.05, 0) is 47.5 Å². The van der Waals surface area contributed by atoms with Crippen molar-refractivity contribution >= 4 is 44.1 Å². The second-order valence-electron chi connectivity index (χ2n) is 5.00. The number of aryl methyl sites for hydroxylation is 1. The monoisotopic (exact) mass is 412 g/mol. The van der Waals surface area contributed by atoms with Crippen LogP contribution in [0.2, 0.25) is 0 Å². The number of nitrogens with two attached hydrogens (primary N) is 1. The average Bonchev–Trinajstić information content (AvgIpc) is 2.81. The third kappa shape index (κ3) is 3.39. The van der Waals surface area contributed by atoms with E-state index in [1.807, 2.05) is 6.92 Å². The lowest BCUT2D eigenvalue weighted by Crippen LogP contribution is -2.17. The highest BCUT2D eigenvalue weighted by Crippen LogP contribution is 2.37. The summed E-state index contributed by atoms with van der Waals surface area (Å²) in [6.07, 6.45) is 0. The Balaban J connectivity index is 2.41. The van der Waals surface area contributed by atoms with Crippen LogP contribution < -0.4 is 20.5 Å². The molecule has 1 aromatic carbocycles. The van der Waals surface area contributed by atoms with Crippen molar-refractivity contribution in [2.45, 2.75) is 13.8 Å². The number of carbonyl (C=O) groups is 2. The van der Waals surface area contributed by atoms with Gasteiger partial charge in [0.05, 0.1) is 19.8 Å². The van der Waals surface area contributed by atoms with E-state index in [0.29, 0.717) is 32.1 Å². The number of anilines is 1. The molecule has 0 aliphatic rings. The maximum Gasteiger partial charge on any atom is 0.256 e. The lowest BCUT2D eigenvalue weighted by Gasteiger charge is -2.11. The van der Waals surface area contributed by atoms with E-state index in [1.165, 1.54) is 25.6 Å². The molecule has 128 valence electrons. The summed E-state index contributed by atoms with van der Waals surface area (Å²) < 4.78 is 11.1. The van der Waals surface area contributed by atoms with Crippen LogP contribution in [0.15, 0.2) is 16.6 Å². The van der Waals surface area contributed by atoms with Crippen LogP contribution in [0.1, 0.15) is 31.2 Å². The minimum atomic E-state index is -0.571. The van der Waals surface area contributed by atoms with Crippen molar-refractivity contribution in [1.29, 1.82) is 0 Å². The SMILES string of the molecule is COc1cc(C(=O)Nc2sc(C)c(C)c2C(N)=O)cc(OC)c1Br. The van der Waals surface area contributed by atoms with E-state index in [9.17, 15) is 9.59 Å². The summed E-state index contributed by atoms with van der Waals surface area (Å²) in [6.45, 7) is 3.67. The molecular weight excluding hydrogens is 396 g/mol. The van der Waals surface area contributed by atoms with E-state index in [1.54, 1.807) is 19.1 Å². The average molecular weight is 413 g/mol. The van der Waals surface area contributed by atoms with E-state index < -0.39 is 5.91 Å². The third-order valence-electron chi connectivity index (χ3n) is 3.57. The predicted octanol–water partition coefficient (Wildman–Crippen LogP) is 3.50. The molecule has 0 atom stereocenters. The lowest BCUT2D eigenvalue weighted by molar-refractivity contribution is 0.100. The minimum Gasteiger partial charge on any atom is -0.495 e. The highest BCUT2D eigenvalue weighted by Gasteiger charge is 2.21. The fraction of sp³-hybridized carbons (Fsp3) is 0.250. The molecule has 3 N–H and O–H groups in total. The number of amides is 2. The van der Waals surface area contributed by atoms with Gasteiger partial charge < -0.3 is 20.5 Å². The maximum atomic E-state index is 12.6. The molecule has 0 bridgehead atoms. The number of methoxy groups -OCH3 is 2. The first-order chi connectivity index (χ1) is 11.3. The van der Waals surface area contributed by atoms with E-state index in [2.05, 4.69) is 21.2 Å². The number of benzene rings is 1. The fourth-order valence-electron chi connectivity index (χ4n) is 2.19. The number of rotatable bonds is 5. The summed E-state index contributed by atoms with van der Waals surface area (Å²) in [6, 6.07) is 3.17. The van der Waals surface area contributed by atoms with Crippen molar-refractivity contribution in [3.63, 3.8) is 0 Å². The molecular formula is C16H17BrN2O4S. The summed E-state index contributed by atoms with van der Waals surface area (Å²) >= 11 is 4.67. The van der Waals surface area contributed by atoms with E-state index in [0.717, 1.165) is 10.4 Å². The molecule has 0 saturated heterocycles. The molecule has 0 aliphatic carbocycles. The summed E-state index contributed by atoms with van der Waals surface area (Å²) in [5.41, 5.74) is 6.87. The predicted molar refractivity (Wildman–Crippen MR) is 97.5 cm³/mol. The normalized spacial score (nSPS) is 10.4. The zero-order valence-electron chi connectivity index (χ0n) is 13.7. The van der Waals surface area contributed by atoms with Crippen molar-refractivity contribution in [2.75, 3.05) is 19.5 Å². The number of hydrogen-bond acceptors (Lipinski definition) is 5. The molecule has 2 rings (SSSR count). The molecule has 0 saturated carbocycles. The van der Waals surface area contributed by atoms with Gasteiger partial charge >= 0.3 is 0 Å². The van der Waals surface area contributed by atoms with Gasteiger partial charge in [0.25, 0.3) is 11.8 Å². The van der Waals surface area contributed by atoms with Crippen LogP contribution in [0.3, 0.4) is 0 Å². The van der Waals surface area contributed by atoms with Gasteiger partial charge in [0.1, 0.15) is 21.0 Å². The highest BCUT2D eigenvalue weighted by molar-refractivity contribution is 9.10. The zero-order chi connectivity index (χ0) is 18.0. The number of primary amides is 1. The van der Waals surface area contributed by atoms with Gasteiger partial charge in [-0.25, -0.2) is 0 Å². The van der Waals surface area contributed by atoms with E-state index >= 15 is 0 Å². The first-order valence-electron chi connectivity index (χ1n) is 6.92. The first kappa shape index (κ1) is 18.3. The fourth-order valence-corrected chi connectivity index (χ4v) is 3.80. The number of thiophene rings is 1. The molecule has 1 heterocycles. The Labute approximate surface area is 152 Å². The van der Waals surface area contributed by atoms with Crippen LogP contribution in [0.4, 0.5) is 5.00 Å². The van der Waals surface area contributed by atoms with E-state index in [4.69, 9.17) is 15.2 Å². The molecule has 0 radical (unpaired) electrons. The molecule has 2 amide bonds. The second-order valence-corrected chi connectivity index (χ2v) is 7.02. The summed E-state index contributed by atoms with van der Waals surface area (Å²) in [5, 5.41) is 3.18. The van der Waals surface area contributed by atoms with E-state index in [-0.39, 0.29) is 5.91 Å². The molecule has 0 spiro atoms. The number of nitrogens with one attached hydrogen (secondary N) is 1. The largest absolute Gasteiger partial charge is 0.495 e. The van der Waals surface area contributed by atoms with Crippen LogP contribution in [-0.4, -0.2) is 26.0 Å². The Hall–Kier alpha value is -2.06. The molecule has 0 unspecified atom stereocenters. The molecule has 1 aromatic heterocycles. The summed E-state index contributed by atoms with van der Waals surface area (Å²) in [5.74, 6) is -0.0256. The van der Waals surface area contributed by atoms with Crippen molar-refractivity contribution < 1.29 is 19.1 Å². The van der Waals surface area contributed by atoms with Crippen LogP contribution in [0, 0.1) is 13.8 Å². The Morgan fingerprint density at radius 1 is 1.17 bits per heavy atom. The van der Waals surface area contributed by atoms with Crippen LogP contribution in [-0.2, 0) is 0 Å². The third-order valence-corrected chi connectivity index (χ3v) is 5.47. The lowest BCUT2D eigenvalue weighted by atomic mass is 10.1. The molecule has 0 aliphatic heterocycles. The van der Waals surface area contributed by atoms with Gasteiger partial charge in [0.15, 0.2) is 0 Å². The first-order valence-corrected chi connectivity index (χ1v) is 8.53. The summed E-state index contributed by atoms with van der Waals surface area (Å²) in [7, 11) is 3.00. The number of halogens is 1. The number of ether oxygens (including phenoxy) is 2. The van der Waals surface area contributed by atoms with Crippen molar-refractivity contribution in [3.8, 4) is 11.5 Å². The molecule has 2 aromatic rings. The Bertz CT molecular complexity index is 792. The van der Waals surface area contributed by atoms with Gasteiger partial charge in [-0.2, -0.15) is 0 Å². The van der Waals surface area contributed by atoms with Crippen molar-refractivity contribution in [3.05, 3.63) is 38.2 Å². The molecule has 6 nitrogen and oxygen atoms in total. The Morgan fingerprint density at radius 2 is 1.71 bits per heavy atom. The summed E-state index contributed by atoms with van der Waals surface area (Å²) in [4.78, 5) is 25.1. The Morgan fingerprint density at radius 3 is 2.17 bits per heavy atom. The smallest absolute Gasteiger partial charge is 0.256 e. The zero-order valence-corrected chi connectivity index (χ0v) is 16.1. The van der Waals surface area contributed by atoms with Crippen LogP contribution >= 0.6 is 27.3 Å². The van der Waals surface area contributed by atoms with Gasteiger partial charge in [-0.1, -0.05) is 0 Å².